The van der Waals surface area contributed by atoms with Gasteiger partial charge in [-0.3, -0.25) is 14.3 Å². The molecule has 0 saturated heterocycles. The van der Waals surface area contributed by atoms with Crippen molar-refractivity contribution in [2.24, 2.45) is 0 Å². The summed E-state index contributed by atoms with van der Waals surface area (Å²) >= 11 is 3.28. The van der Waals surface area contributed by atoms with E-state index in [9.17, 15) is 4.79 Å². The fourth-order valence-corrected chi connectivity index (χ4v) is 6.52. The Bertz CT molecular complexity index is 1330. The number of thioether (sulfide) groups is 1. The lowest BCUT2D eigenvalue weighted by atomic mass is 10.0. The van der Waals surface area contributed by atoms with E-state index in [-0.39, 0.29) is 5.56 Å². The highest BCUT2D eigenvalue weighted by Gasteiger charge is 2.26. The van der Waals surface area contributed by atoms with Crippen molar-refractivity contribution in [3.05, 3.63) is 81.0 Å². The van der Waals surface area contributed by atoms with Gasteiger partial charge in [0.05, 0.1) is 18.2 Å². The van der Waals surface area contributed by atoms with Crippen molar-refractivity contribution in [1.29, 1.82) is 0 Å². The molecule has 0 atom stereocenters. The lowest BCUT2D eigenvalue weighted by Gasteiger charge is -2.30. The van der Waals surface area contributed by atoms with Gasteiger partial charge in [-0.05, 0) is 55.7 Å². The molecule has 3 heterocycles. The molecule has 2 aromatic heterocycles. The van der Waals surface area contributed by atoms with Crippen molar-refractivity contribution in [3.8, 4) is 11.4 Å². The first kappa shape index (κ1) is 22.2. The fraction of sp³-hybridized carbons (Fsp3) is 0.308. The topological polar surface area (TPSA) is 47.4 Å². The number of hydrogen-bond donors (Lipinski definition) is 0. The van der Waals surface area contributed by atoms with E-state index in [2.05, 4.69) is 30.9 Å². The first-order valence-corrected chi connectivity index (χ1v) is 13.0. The number of hydrogen-bond acceptors (Lipinski definition) is 6. The largest absolute Gasteiger partial charge is 0.497 e. The van der Waals surface area contributed by atoms with E-state index in [1.807, 2.05) is 42.5 Å². The number of benzene rings is 2. The highest BCUT2D eigenvalue weighted by Crippen LogP contribution is 2.35. The molecule has 33 heavy (non-hydrogen) atoms. The zero-order chi connectivity index (χ0) is 22.9. The van der Waals surface area contributed by atoms with Crippen LogP contribution in [0, 0.1) is 0 Å². The second-order valence-corrected chi connectivity index (χ2v) is 10.5. The van der Waals surface area contributed by atoms with Crippen LogP contribution in [0.15, 0.2) is 64.5 Å². The van der Waals surface area contributed by atoms with Crippen molar-refractivity contribution < 1.29 is 4.74 Å². The molecule has 2 aromatic carbocycles. The summed E-state index contributed by atoms with van der Waals surface area (Å²) in [6.45, 7) is 6.32. The highest BCUT2D eigenvalue weighted by atomic mass is 32.2. The minimum absolute atomic E-state index is 0.0243. The molecule has 0 saturated carbocycles. The van der Waals surface area contributed by atoms with Crippen LogP contribution >= 0.6 is 23.1 Å². The van der Waals surface area contributed by atoms with E-state index in [4.69, 9.17) is 9.72 Å². The van der Waals surface area contributed by atoms with Crippen LogP contribution in [0.5, 0.6) is 5.75 Å². The Labute approximate surface area is 202 Å². The second-order valence-electron chi connectivity index (χ2n) is 8.51. The molecule has 0 fully saturated rings. The molecule has 1 aliphatic rings. The highest BCUT2D eigenvalue weighted by molar-refractivity contribution is 7.98. The molecule has 0 radical (unpaired) electrons. The zero-order valence-electron chi connectivity index (χ0n) is 19.1. The predicted molar refractivity (Wildman–Crippen MR) is 137 cm³/mol. The molecule has 0 bridgehead atoms. The molecule has 4 aromatic rings. The lowest BCUT2D eigenvalue weighted by Crippen LogP contribution is -2.35. The third kappa shape index (κ3) is 4.33. The summed E-state index contributed by atoms with van der Waals surface area (Å²) in [5.41, 5.74) is 3.23. The average Bonchev–Trinajstić information content (AvgIpc) is 3.21. The third-order valence-corrected chi connectivity index (χ3v) is 8.27. The van der Waals surface area contributed by atoms with Gasteiger partial charge in [-0.2, -0.15) is 0 Å². The summed E-state index contributed by atoms with van der Waals surface area (Å²) in [6.07, 6.45) is 0.892. The average molecular weight is 478 g/mol. The Morgan fingerprint density at radius 3 is 2.58 bits per heavy atom. The van der Waals surface area contributed by atoms with Gasteiger partial charge in [0.1, 0.15) is 10.6 Å². The van der Waals surface area contributed by atoms with Gasteiger partial charge in [0.25, 0.3) is 5.56 Å². The van der Waals surface area contributed by atoms with Crippen LogP contribution in [0.4, 0.5) is 0 Å². The van der Waals surface area contributed by atoms with Crippen molar-refractivity contribution in [1.82, 2.24) is 14.5 Å². The minimum Gasteiger partial charge on any atom is -0.497 e. The van der Waals surface area contributed by atoms with Gasteiger partial charge >= 0.3 is 0 Å². The van der Waals surface area contributed by atoms with Gasteiger partial charge in [-0.25, -0.2) is 4.98 Å². The molecular formula is C26H27N3O2S2. The number of rotatable bonds is 6. The summed E-state index contributed by atoms with van der Waals surface area (Å²) in [6, 6.07) is 18.4. The van der Waals surface area contributed by atoms with Gasteiger partial charge in [0.15, 0.2) is 5.16 Å². The van der Waals surface area contributed by atoms with E-state index in [0.29, 0.717) is 6.04 Å². The summed E-state index contributed by atoms with van der Waals surface area (Å²) in [5.74, 6) is 1.52. The van der Waals surface area contributed by atoms with Crippen molar-refractivity contribution in [3.63, 3.8) is 0 Å². The van der Waals surface area contributed by atoms with Crippen LogP contribution < -0.4 is 10.3 Å². The number of ether oxygens (including phenoxy) is 1. The van der Waals surface area contributed by atoms with Crippen LogP contribution in [0.3, 0.4) is 0 Å². The van der Waals surface area contributed by atoms with Crippen LogP contribution in [-0.4, -0.2) is 34.1 Å². The van der Waals surface area contributed by atoms with E-state index >= 15 is 0 Å². The standard InChI is InChI=1S/C26H27N3O2S2/c1-17(2)28-14-13-21-22(15-28)33-24-23(21)25(30)29(19-9-11-20(31-3)12-10-19)26(27-24)32-16-18-7-5-4-6-8-18/h4-12,17H,13-16H2,1-3H3. The van der Waals surface area contributed by atoms with Gasteiger partial charge in [0, 0.05) is 29.8 Å². The summed E-state index contributed by atoms with van der Waals surface area (Å²) in [4.78, 5) is 23.6. The summed E-state index contributed by atoms with van der Waals surface area (Å²) in [5, 5.41) is 1.51. The first-order chi connectivity index (χ1) is 16.0. The smallest absolute Gasteiger partial charge is 0.267 e. The Balaban J connectivity index is 1.63. The van der Waals surface area contributed by atoms with Crippen LogP contribution in [0.25, 0.3) is 15.9 Å². The Morgan fingerprint density at radius 1 is 1.12 bits per heavy atom. The molecule has 5 nitrogen and oxygen atoms in total. The fourth-order valence-electron chi connectivity index (χ4n) is 4.26. The molecule has 0 spiro atoms. The maximum Gasteiger partial charge on any atom is 0.267 e. The third-order valence-electron chi connectivity index (χ3n) is 6.14. The first-order valence-electron chi connectivity index (χ1n) is 11.2. The number of nitrogens with zero attached hydrogens (tertiary/aromatic N) is 3. The molecule has 0 N–H and O–H groups in total. The molecular weight excluding hydrogens is 450 g/mol. The number of thiophene rings is 1. The van der Waals surface area contributed by atoms with Gasteiger partial charge in [0.2, 0.25) is 0 Å². The monoisotopic (exact) mass is 477 g/mol. The molecule has 0 amide bonds. The maximum absolute atomic E-state index is 13.9. The summed E-state index contributed by atoms with van der Waals surface area (Å²) in [7, 11) is 1.65. The van der Waals surface area contributed by atoms with Gasteiger partial charge < -0.3 is 4.74 Å². The zero-order valence-corrected chi connectivity index (χ0v) is 20.7. The molecule has 170 valence electrons. The lowest BCUT2D eigenvalue weighted by molar-refractivity contribution is 0.206. The molecule has 5 rings (SSSR count). The molecule has 7 heteroatoms. The van der Waals surface area contributed by atoms with E-state index in [0.717, 1.165) is 52.1 Å². The normalized spacial score (nSPS) is 14.1. The van der Waals surface area contributed by atoms with Crippen molar-refractivity contribution in [2.75, 3.05) is 13.7 Å². The SMILES string of the molecule is COc1ccc(-n2c(SCc3ccccc3)nc3sc4c(c3c2=O)CCN(C(C)C)C4)cc1. The minimum atomic E-state index is 0.0243. The maximum atomic E-state index is 13.9. The Morgan fingerprint density at radius 2 is 1.88 bits per heavy atom. The Hall–Kier alpha value is -2.61. The second kappa shape index (κ2) is 9.33. The van der Waals surface area contributed by atoms with Gasteiger partial charge in [-0.15, -0.1) is 11.3 Å². The quantitative estimate of drug-likeness (QED) is 0.271. The Kier molecular flexibility index (Phi) is 6.27. The van der Waals surface area contributed by atoms with E-state index in [1.165, 1.54) is 16.0 Å². The van der Waals surface area contributed by atoms with Crippen LogP contribution in [-0.2, 0) is 18.7 Å². The molecule has 0 aliphatic carbocycles. The van der Waals surface area contributed by atoms with Crippen molar-refractivity contribution >= 4 is 33.3 Å². The van der Waals surface area contributed by atoms with Gasteiger partial charge in [-0.1, -0.05) is 42.1 Å². The predicted octanol–water partition coefficient (Wildman–Crippen LogP) is 5.51. The van der Waals surface area contributed by atoms with E-state index in [1.54, 1.807) is 34.8 Å². The molecule has 1 aliphatic heterocycles. The molecule has 0 unspecified atom stereocenters. The number of fused-ring (bicyclic) bond motifs is 3. The van der Waals surface area contributed by atoms with E-state index < -0.39 is 0 Å². The van der Waals surface area contributed by atoms with Crippen LogP contribution in [0.2, 0.25) is 0 Å². The summed E-state index contributed by atoms with van der Waals surface area (Å²) < 4.78 is 7.10. The van der Waals surface area contributed by atoms with Crippen molar-refractivity contribution in [2.45, 2.75) is 43.8 Å². The number of aromatic nitrogens is 2. The number of methoxy groups -OCH3 is 1. The van der Waals surface area contributed by atoms with Crippen LogP contribution in [0.1, 0.15) is 29.9 Å².